The molecular formula is C21H20FN3O. The number of benzene rings is 2. The molecule has 1 heterocycles. The van der Waals surface area contributed by atoms with Gasteiger partial charge in [0.15, 0.2) is 0 Å². The molecule has 0 aliphatic rings. The van der Waals surface area contributed by atoms with Crippen LogP contribution in [0.25, 0.3) is 0 Å². The van der Waals surface area contributed by atoms with Gasteiger partial charge in [-0.25, -0.2) is 4.39 Å². The third-order valence-corrected chi connectivity index (χ3v) is 4.04. The zero-order valence-corrected chi connectivity index (χ0v) is 14.7. The number of amides is 1. The quantitative estimate of drug-likeness (QED) is 0.712. The van der Waals surface area contributed by atoms with Crippen LogP contribution in [0.15, 0.2) is 60.9 Å². The van der Waals surface area contributed by atoms with Gasteiger partial charge in [-0.1, -0.05) is 24.3 Å². The number of nitrogens with zero attached hydrogens (tertiary/aromatic N) is 1. The van der Waals surface area contributed by atoms with Crippen LogP contribution in [0.4, 0.5) is 15.8 Å². The molecule has 3 aromatic rings. The molecule has 4 nitrogen and oxygen atoms in total. The molecule has 2 N–H and O–H groups in total. The van der Waals surface area contributed by atoms with E-state index in [1.54, 1.807) is 24.4 Å². The number of hydrogen-bond acceptors (Lipinski definition) is 3. The zero-order chi connectivity index (χ0) is 18.5. The molecule has 2 aromatic carbocycles. The molecule has 0 bridgehead atoms. The van der Waals surface area contributed by atoms with Crippen molar-refractivity contribution in [3.05, 3.63) is 89.0 Å². The standard InChI is InChI=1S/C21H20FN3O/c1-14-3-4-15(2)20(9-14)25-19-10-17(12-23-13-19)21(26)24-11-16-5-7-18(22)8-6-16/h3-10,12-13,25H,11H2,1-2H3,(H,24,26). The van der Waals surface area contributed by atoms with Crippen LogP contribution < -0.4 is 10.6 Å². The fourth-order valence-electron chi connectivity index (χ4n) is 2.55. The second kappa shape index (κ2) is 7.78. The second-order valence-corrected chi connectivity index (χ2v) is 6.21. The molecule has 0 atom stereocenters. The monoisotopic (exact) mass is 349 g/mol. The molecule has 0 fully saturated rings. The number of anilines is 2. The molecule has 0 spiro atoms. The van der Waals surface area contributed by atoms with Crippen LogP contribution in [0.1, 0.15) is 27.0 Å². The van der Waals surface area contributed by atoms with Gasteiger partial charge in [0.25, 0.3) is 5.91 Å². The Morgan fingerprint density at radius 2 is 1.81 bits per heavy atom. The summed E-state index contributed by atoms with van der Waals surface area (Å²) in [7, 11) is 0. The van der Waals surface area contributed by atoms with E-state index in [0.29, 0.717) is 12.1 Å². The van der Waals surface area contributed by atoms with Crippen molar-refractivity contribution in [1.29, 1.82) is 0 Å². The van der Waals surface area contributed by atoms with Crippen LogP contribution in [-0.4, -0.2) is 10.9 Å². The van der Waals surface area contributed by atoms with Gasteiger partial charge >= 0.3 is 0 Å². The Bertz CT molecular complexity index is 923. The van der Waals surface area contributed by atoms with Gasteiger partial charge in [0.2, 0.25) is 0 Å². The lowest BCUT2D eigenvalue weighted by molar-refractivity contribution is 0.0950. The number of hydrogen-bond donors (Lipinski definition) is 2. The summed E-state index contributed by atoms with van der Waals surface area (Å²) in [6, 6.07) is 13.9. The molecule has 0 saturated carbocycles. The molecule has 5 heteroatoms. The zero-order valence-electron chi connectivity index (χ0n) is 14.7. The average Bonchev–Trinajstić information content (AvgIpc) is 2.64. The van der Waals surface area contributed by atoms with Crippen LogP contribution in [0.3, 0.4) is 0 Å². The fraction of sp³-hybridized carbons (Fsp3) is 0.143. The van der Waals surface area contributed by atoms with Crippen LogP contribution in [-0.2, 0) is 6.54 Å². The minimum Gasteiger partial charge on any atom is -0.354 e. The molecule has 0 saturated heterocycles. The molecule has 0 aliphatic carbocycles. The van der Waals surface area contributed by atoms with Gasteiger partial charge in [-0.05, 0) is 54.8 Å². The minimum absolute atomic E-state index is 0.230. The number of halogens is 1. The Hall–Kier alpha value is -3.21. The second-order valence-electron chi connectivity index (χ2n) is 6.21. The van der Waals surface area contributed by atoms with Crippen molar-refractivity contribution < 1.29 is 9.18 Å². The van der Waals surface area contributed by atoms with Crippen molar-refractivity contribution in [1.82, 2.24) is 10.3 Å². The fourth-order valence-corrected chi connectivity index (χ4v) is 2.55. The first-order valence-electron chi connectivity index (χ1n) is 8.33. The molecule has 26 heavy (non-hydrogen) atoms. The van der Waals surface area contributed by atoms with Crippen LogP contribution >= 0.6 is 0 Å². The lowest BCUT2D eigenvalue weighted by Crippen LogP contribution is -2.23. The van der Waals surface area contributed by atoms with Crippen molar-refractivity contribution in [3.8, 4) is 0 Å². The normalized spacial score (nSPS) is 10.4. The third-order valence-electron chi connectivity index (χ3n) is 4.04. The number of carbonyl (C=O) groups is 1. The van der Waals surface area contributed by atoms with Gasteiger partial charge < -0.3 is 10.6 Å². The predicted octanol–water partition coefficient (Wildman–Crippen LogP) is 4.51. The van der Waals surface area contributed by atoms with Gasteiger partial charge in [0.05, 0.1) is 17.4 Å². The SMILES string of the molecule is Cc1ccc(C)c(Nc2cncc(C(=O)NCc3ccc(F)cc3)c2)c1. The van der Waals surface area contributed by atoms with Crippen LogP contribution in [0, 0.1) is 19.7 Å². The number of rotatable bonds is 5. The first-order valence-corrected chi connectivity index (χ1v) is 8.33. The highest BCUT2D eigenvalue weighted by Gasteiger charge is 2.08. The third kappa shape index (κ3) is 4.45. The van der Waals surface area contributed by atoms with E-state index in [0.717, 1.165) is 28.1 Å². The topological polar surface area (TPSA) is 54.0 Å². The van der Waals surface area contributed by atoms with E-state index in [4.69, 9.17) is 0 Å². The molecule has 0 unspecified atom stereocenters. The largest absolute Gasteiger partial charge is 0.354 e. The molecule has 132 valence electrons. The molecular weight excluding hydrogens is 329 g/mol. The number of aryl methyl sites for hydroxylation is 2. The van der Waals surface area contributed by atoms with Crippen molar-refractivity contribution in [2.45, 2.75) is 20.4 Å². The first-order chi connectivity index (χ1) is 12.5. The summed E-state index contributed by atoms with van der Waals surface area (Å²) >= 11 is 0. The maximum Gasteiger partial charge on any atom is 0.253 e. The van der Waals surface area contributed by atoms with E-state index in [9.17, 15) is 9.18 Å². The Morgan fingerprint density at radius 3 is 2.58 bits per heavy atom. The highest BCUT2D eigenvalue weighted by Crippen LogP contribution is 2.21. The van der Waals surface area contributed by atoms with Gasteiger partial charge in [0, 0.05) is 18.4 Å². The van der Waals surface area contributed by atoms with Crippen molar-refractivity contribution in [2.24, 2.45) is 0 Å². The van der Waals surface area contributed by atoms with Gasteiger partial charge in [-0.15, -0.1) is 0 Å². The van der Waals surface area contributed by atoms with E-state index >= 15 is 0 Å². The van der Waals surface area contributed by atoms with Gasteiger partial charge in [-0.3, -0.25) is 9.78 Å². The van der Waals surface area contributed by atoms with Gasteiger partial charge in [-0.2, -0.15) is 0 Å². The highest BCUT2D eigenvalue weighted by atomic mass is 19.1. The van der Waals surface area contributed by atoms with Crippen LogP contribution in [0.2, 0.25) is 0 Å². The number of nitrogens with one attached hydrogen (secondary N) is 2. The summed E-state index contributed by atoms with van der Waals surface area (Å²) in [4.78, 5) is 16.5. The average molecular weight is 349 g/mol. The Morgan fingerprint density at radius 1 is 1.04 bits per heavy atom. The molecule has 0 radical (unpaired) electrons. The summed E-state index contributed by atoms with van der Waals surface area (Å²) in [5.74, 6) is -0.527. The maximum atomic E-state index is 12.9. The number of carbonyl (C=O) groups excluding carboxylic acids is 1. The first kappa shape index (κ1) is 17.6. The Kier molecular flexibility index (Phi) is 5.27. The molecule has 1 amide bonds. The molecule has 1 aromatic heterocycles. The van der Waals surface area contributed by atoms with E-state index in [1.165, 1.54) is 18.3 Å². The van der Waals surface area contributed by atoms with E-state index in [1.807, 2.05) is 19.9 Å². The summed E-state index contributed by atoms with van der Waals surface area (Å²) in [6.07, 6.45) is 3.20. The summed E-state index contributed by atoms with van der Waals surface area (Å²) < 4.78 is 12.9. The van der Waals surface area contributed by atoms with Crippen LogP contribution in [0.5, 0.6) is 0 Å². The van der Waals surface area contributed by atoms with Crippen molar-refractivity contribution in [2.75, 3.05) is 5.32 Å². The highest BCUT2D eigenvalue weighted by molar-refractivity contribution is 5.94. The summed E-state index contributed by atoms with van der Waals surface area (Å²) in [6.45, 7) is 4.38. The van der Waals surface area contributed by atoms with E-state index in [2.05, 4.69) is 27.8 Å². The van der Waals surface area contributed by atoms with E-state index in [-0.39, 0.29) is 11.7 Å². The predicted molar refractivity (Wildman–Crippen MR) is 101 cm³/mol. The lowest BCUT2D eigenvalue weighted by Gasteiger charge is -2.11. The molecule has 3 rings (SSSR count). The van der Waals surface area contributed by atoms with Crippen molar-refractivity contribution >= 4 is 17.3 Å². The number of aromatic nitrogens is 1. The minimum atomic E-state index is -0.297. The lowest BCUT2D eigenvalue weighted by atomic mass is 10.1. The van der Waals surface area contributed by atoms with Crippen molar-refractivity contribution in [3.63, 3.8) is 0 Å². The Balaban J connectivity index is 1.69. The smallest absolute Gasteiger partial charge is 0.253 e. The van der Waals surface area contributed by atoms with E-state index < -0.39 is 0 Å². The Labute approximate surface area is 152 Å². The molecule has 0 aliphatic heterocycles. The summed E-state index contributed by atoms with van der Waals surface area (Å²) in [5.41, 5.74) is 5.28. The number of pyridine rings is 1. The maximum absolute atomic E-state index is 12.9. The summed E-state index contributed by atoms with van der Waals surface area (Å²) in [5, 5.41) is 6.12. The van der Waals surface area contributed by atoms with Gasteiger partial charge in [0.1, 0.15) is 5.82 Å².